The maximum Gasteiger partial charge on any atom is 0.0991 e. The summed E-state index contributed by atoms with van der Waals surface area (Å²) >= 11 is 0. The lowest BCUT2D eigenvalue weighted by molar-refractivity contribution is 0.193. The Kier molecular flexibility index (Phi) is 17.8. The van der Waals surface area contributed by atoms with Crippen molar-refractivity contribution in [1.82, 2.24) is 0 Å². The highest BCUT2D eigenvalue weighted by Gasteiger charge is 2.26. The van der Waals surface area contributed by atoms with E-state index in [0.717, 1.165) is 11.8 Å². The van der Waals surface area contributed by atoms with Gasteiger partial charge in [-0.15, -0.1) is 0 Å². The van der Waals surface area contributed by atoms with E-state index in [1.165, 1.54) is 151 Å². The van der Waals surface area contributed by atoms with Gasteiger partial charge < -0.3 is 4.74 Å². The van der Waals surface area contributed by atoms with Crippen molar-refractivity contribution >= 4 is 11.1 Å². The number of hydrogen-bond acceptors (Lipinski definition) is 3. The van der Waals surface area contributed by atoms with Crippen LogP contribution in [-0.2, 0) is 4.74 Å². The van der Waals surface area contributed by atoms with E-state index >= 15 is 0 Å². The lowest BCUT2D eigenvalue weighted by Crippen LogP contribution is -2.17. The molecular weight excluding hydrogens is 597 g/mol. The standard InChI is InChI=1S/C46H64N2O/c1-3-5-7-9-11-13-37-15-23-41(24-16-37)45(43-27-19-39(35-47)20-28-43)31-33-49-34-32-46(44-29-21-40(36-48)22-30-44)42-25-17-38(18-26-42)14-12-10-8-6-4-2/h19-22,27-32,37-38,41-42H,3-18,23-26,33-34H2,1-2H3/t37-,38-,41-,42-. The van der Waals surface area contributed by atoms with Crippen molar-refractivity contribution in [3.63, 3.8) is 0 Å². The molecule has 0 saturated heterocycles. The normalized spacial score (nSPS) is 21.6. The Bertz CT molecular complexity index is 1230. The molecular formula is C46H64N2O. The molecule has 0 N–H and O–H groups in total. The summed E-state index contributed by atoms with van der Waals surface area (Å²) in [6.45, 7) is 5.77. The summed E-state index contributed by atoms with van der Waals surface area (Å²) in [6.07, 6.45) is 31.4. The molecule has 2 fully saturated rings. The van der Waals surface area contributed by atoms with Gasteiger partial charge in [0.2, 0.25) is 0 Å². The van der Waals surface area contributed by atoms with E-state index in [4.69, 9.17) is 4.74 Å². The van der Waals surface area contributed by atoms with E-state index in [2.05, 4.69) is 62.4 Å². The maximum absolute atomic E-state index is 9.38. The van der Waals surface area contributed by atoms with Crippen LogP contribution in [0.3, 0.4) is 0 Å². The number of ether oxygens (including phenoxy) is 1. The van der Waals surface area contributed by atoms with Gasteiger partial charge in [-0.05, 0) is 122 Å². The highest BCUT2D eigenvalue weighted by molar-refractivity contribution is 5.69. The molecule has 264 valence electrons. The zero-order valence-electron chi connectivity index (χ0n) is 30.9. The van der Waals surface area contributed by atoms with Gasteiger partial charge in [-0.3, -0.25) is 0 Å². The predicted molar refractivity (Wildman–Crippen MR) is 207 cm³/mol. The van der Waals surface area contributed by atoms with Crippen molar-refractivity contribution in [3.05, 3.63) is 82.9 Å². The zero-order chi connectivity index (χ0) is 34.5. The Morgan fingerprint density at radius 2 is 0.918 bits per heavy atom. The number of hydrogen-bond donors (Lipinski definition) is 0. The number of unbranched alkanes of at least 4 members (excludes halogenated alkanes) is 8. The van der Waals surface area contributed by atoms with E-state index in [1.807, 2.05) is 24.3 Å². The lowest BCUT2D eigenvalue weighted by Gasteiger charge is -2.31. The van der Waals surface area contributed by atoms with Gasteiger partial charge in [-0.25, -0.2) is 0 Å². The Morgan fingerprint density at radius 3 is 1.27 bits per heavy atom. The summed E-state index contributed by atoms with van der Waals surface area (Å²) in [5.74, 6) is 2.87. The molecule has 3 nitrogen and oxygen atoms in total. The molecule has 3 heteroatoms. The fraction of sp³-hybridized carbons (Fsp3) is 0.609. The predicted octanol–water partition coefficient (Wildman–Crippen LogP) is 13.2. The lowest BCUT2D eigenvalue weighted by atomic mass is 9.75. The van der Waals surface area contributed by atoms with Crippen molar-refractivity contribution in [2.45, 2.75) is 142 Å². The summed E-state index contributed by atoms with van der Waals surface area (Å²) in [4.78, 5) is 0. The average Bonchev–Trinajstić information content (AvgIpc) is 3.15. The SMILES string of the molecule is CCCCCCC[C@H]1CC[C@H](C(=CCOCC=C(c2ccc(C#N)cc2)[C@H]2CC[C@H](CCCCCCC)CC2)c2ccc(C#N)cc2)CC1. The molecule has 0 spiro atoms. The Hall–Kier alpha value is -3.14. The molecule has 0 atom stereocenters. The second-order valence-electron chi connectivity index (χ2n) is 15.1. The summed E-state index contributed by atoms with van der Waals surface area (Å²) in [6, 6.07) is 20.9. The molecule has 49 heavy (non-hydrogen) atoms. The molecule has 0 bridgehead atoms. The van der Waals surface area contributed by atoms with Gasteiger partial charge in [0.05, 0.1) is 36.5 Å². The van der Waals surface area contributed by atoms with Crippen LogP contribution in [0.2, 0.25) is 0 Å². The van der Waals surface area contributed by atoms with Gasteiger partial charge >= 0.3 is 0 Å². The summed E-state index contributed by atoms with van der Waals surface area (Å²) in [5, 5.41) is 18.8. The molecule has 0 unspecified atom stereocenters. The molecule has 2 aliphatic rings. The molecule has 0 aliphatic heterocycles. The van der Waals surface area contributed by atoms with Crippen LogP contribution in [0.15, 0.2) is 60.7 Å². The van der Waals surface area contributed by atoms with Gasteiger partial charge in [0, 0.05) is 0 Å². The second-order valence-corrected chi connectivity index (χ2v) is 15.1. The first kappa shape index (κ1) is 38.7. The van der Waals surface area contributed by atoms with E-state index in [9.17, 15) is 10.5 Å². The largest absolute Gasteiger partial charge is 0.373 e. The molecule has 0 aromatic heterocycles. The third-order valence-electron chi connectivity index (χ3n) is 11.5. The number of nitrogens with zero attached hydrogens (tertiary/aromatic N) is 2. The molecule has 0 radical (unpaired) electrons. The van der Waals surface area contributed by atoms with Crippen LogP contribution in [0.4, 0.5) is 0 Å². The van der Waals surface area contributed by atoms with Crippen LogP contribution in [0.1, 0.15) is 165 Å². The van der Waals surface area contributed by atoms with Gasteiger partial charge in [-0.1, -0.05) is 127 Å². The van der Waals surface area contributed by atoms with E-state index in [1.54, 1.807) is 0 Å². The van der Waals surface area contributed by atoms with Crippen LogP contribution in [0, 0.1) is 46.3 Å². The minimum Gasteiger partial charge on any atom is -0.373 e. The van der Waals surface area contributed by atoms with Crippen molar-refractivity contribution in [3.8, 4) is 12.1 Å². The summed E-state index contributed by atoms with van der Waals surface area (Å²) in [5.41, 5.74) is 6.70. The Morgan fingerprint density at radius 1 is 0.551 bits per heavy atom. The third kappa shape index (κ3) is 13.3. The van der Waals surface area contributed by atoms with Crippen LogP contribution in [-0.4, -0.2) is 13.2 Å². The van der Waals surface area contributed by atoms with E-state index in [0.29, 0.717) is 36.2 Å². The number of benzene rings is 2. The highest BCUT2D eigenvalue weighted by Crippen LogP contribution is 2.41. The Balaban J connectivity index is 1.37. The molecule has 2 saturated carbocycles. The smallest absolute Gasteiger partial charge is 0.0991 e. The fourth-order valence-corrected chi connectivity index (χ4v) is 8.48. The van der Waals surface area contributed by atoms with Crippen molar-refractivity contribution in [2.24, 2.45) is 23.7 Å². The topological polar surface area (TPSA) is 56.8 Å². The fourth-order valence-electron chi connectivity index (χ4n) is 8.48. The first-order valence-corrected chi connectivity index (χ1v) is 20.1. The van der Waals surface area contributed by atoms with Crippen molar-refractivity contribution in [2.75, 3.05) is 13.2 Å². The summed E-state index contributed by atoms with van der Waals surface area (Å²) in [7, 11) is 0. The van der Waals surface area contributed by atoms with Crippen LogP contribution >= 0.6 is 0 Å². The molecule has 2 aromatic carbocycles. The highest BCUT2D eigenvalue weighted by atomic mass is 16.5. The monoisotopic (exact) mass is 661 g/mol. The molecule has 2 aromatic rings. The van der Waals surface area contributed by atoms with Crippen LogP contribution < -0.4 is 0 Å². The first-order valence-electron chi connectivity index (χ1n) is 20.1. The first-order chi connectivity index (χ1) is 24.1. The Labute approximate surface area is 299 Å². The number of nitriles is 2. The number of rotatable bonds is 20. The summed E-state index contributed by atoms with van der Waals surface area (Å²) < 4.78 is 6.36. The van der Waals surface area contributed by atoms with Gasteiger partial charge in [-0.2, -0.15) is 10.5 Å². The van der Waals surface area contributed by atoms with Crippen LogP contribution in [0.25, 0.3) is 11.1 Å². The quantitative estimate of drug-likeness (QED) is 0.133. The van der Waals surface area contributed by atoms with Gasteiger partial charge in [0.1, 0.15) is 0 Å². The number of allylic oxidation sites excluding steroid dienone is 2. The van der Waals surface area contributed by atoms with Crippen LogP contribution in [0.5, 0.6) is 0 Å². The molecule has 4 rings (SSSR count). The average molecular weight is 661 g/mol. The third-order valence-corrected chi connectivity index (χ3v) is 11.5. The van der Waals surface area contributed by atoms with Gasteiger partial charge in [0.15, 0.2) is 0 Å². The minimum atomic E-state index is 0.555. The molecule has 0 heterocycles. The van der Waals surface area contributed by atoms with Crippen molar-refractivity contribution < 1.29 is 4.74 Å². The second kappa shape index (κ2) is 22.6. The molecule has 2 aliphatic carbocycles. The maximum atomic E-state index is 9.38. The van der Waals surface area contributed by atoms with E-state index in [-0.39, 0.29) is 0 Å². The van der Waals surface area contributed by atoms with E-state index < -0.39 is 0 Å². The minimum absolute atomic E-state index is 0.555. The zero-order valence-corrected chi connectivity index (χ0v) is 30.9. The molecule has 0 amide bonds. The van der Waals surface area contributed by atoms with Gasteiger partial charge in [0.25, 0.3) is 0 Å². The van der Waals surface area contributed by atoms with Crippen molar-refractivity contribution in [1.29, 1.82) is 10.5 Å².